The smallest absolute Gasteiger partial charge is 0.396 e. The molecule has 0 aromatic heterocycles. The molecule has 0 spiro atoms. The monoisotopic (exact) mass is 146 g/mol. The Balaban J connectivity index is 0. The number of carbonyl (C=O) groups is 1. The van der Waals surface area contributed by atoms with Crippen molar-refractivity contribution in [1.82, 2.24) is 0 Å². The number of hydrogen-bond acceptors (Lipinski definition) is 3. The van der Waals surface area contributed by atoms with Crippen molar-refractivity contribution in [3.05, 3.63) is 0 Å². The lowest BCUT2D eigenvalue weighted by molar-refractivity contribution is 0.206. The molecule has 0 rings (SSSR count). The molecule has 0 aromatic carbocycles. The summed E-state index contributed by atoms with van der Waals surface area (Å²) >= 11 is 0. The summed E-state index contributed by atoms with van der Waals surface area (Å²) in [5, 5.41) is 6.74. The van der Waals surface area contributed by atoms with Gasteiger partial charge in [0.25, 0.3) is 0 Å². The fourth-order valence-electron chi connectivity index (χ4n) is 0.194. The number of primary amides is 1. The highest BCUT2D eigenvalue weighted by molar-refractivity contribution is 5.84. The van der Waals surface area contributed by atoms with Crippen molar-refractivity contribution in [1.29, 1.82) is 5.41 Å². The van der Waals surface area contributed by atoms with Crippen LogP contribution in [-0.2, 0) is 4.74 Å². The van der Waals surface area contributed by atoms with E-state index in [1.165, 1.54) is 0 Å². The second kappa shape index (κ2) is 7.94. The molecule has 10 heavy (non-hydrogen) atoms. The van der Waals surface area contributed by atoms with Gasteiger partial charge in [0.2, 0.25) is 0 Å². The summed E-state index contributed by atoms with van der Waals surface area (Å²) in [7, 11) is 0. The van der Waals surface area contributed by atoms with Gasteiger partial charge in [0, 0.05) is 6.42 Å². The first-order valence-corrected chi connectivity index (χ1v) is 3.21. The summed E-state index contributed by atoms with van der Waals surface area (Å²) in [6, 6.07) is 0. The van der Waals surface area contributed by atoms with E-state index in [2.05, 4.69) is 10.5 Å². The molecule has 0 heterocycles. The van der Waals surface area contributed by atoms with E-state index in [4.69, 9.17) is 5.41 Å². The molecular weight excluding hydrogens is 132 g/mol. The third-order valence-corrected chi connectivity index (χ3v) is 0.545. The van der Waals surface area contributed by atoms with Crippen LogP contribution in [0.3, 0.4) is 0 Å². The van der Waals surface area contributed by atoms with Gasteiger partial charge in [-0.3, -0.25) is 5.41 Å². The second-order valence-corrected chi connectivity index (χ2v) is 1.20. The number of rotatable bonds is 1. The zero-order chi connectivity index (χ0) is 8.57. The van der Waals surface area contributed by atoms with Crippen LogP contribution < -0.4 is 5.73 Å². The fourth-order valence-corrected chi connectivity index (χ4v) is 0.194. The van der Waals surface area contributed by atoms with E-state index < -0.39 is 6.09 Å². The van der Waals surface area contributed by atoms with Gasteiger partial charge in [0.15, 0.2) is 5.90 Å². The molecule has 0 atom stereocenters. The zero-order valence-corrected chi connectivity index (χ0v) is 6.60. The maximum Gasteiger partial charge on any atom is 0.411 e. The average Bonchev–Trinajstić information content (AvgIpc) is 1.91. The summed E-state index contributed by atoms with van der Waals surface area (Å²) in [4.78, 5) is 9.83. The largest absolute Gasteiger partial charge is 0.411 e. The first-order valence-electron chi connectivity index (χ1n) is 3.21. The van der Waals surface area contributed by atoms with E-state index in [9.17, 15) is 4.79 Å². The van der Waals surface area contributed by atoms with E-state index in [0.29, 0.717) is 6.42 Å². The minimum Gasteiger partial charge on any atom is -0.396 e. The molecule has 0 fully saturated rings. The molecule has 4 heteroatoms. The van der Waals surface area contributed by atoms with Crippen molar-refractivity contribution in [2.75, 3.05) is 0 Å². The van der Waals surface area contributed by atoms with Crippen molar-refractivity contribution < 1.29 is 9.53 Å². The Bertz CT molecular complexity index is 112. The van der Waals surface area contributed by atoms with E-state index >= 15 is 0 Å². The molecule has 0 saturated carbocycles. The van der Waals surface area contributed by atoms with Crippen molar-refractivity contribution in [3.8, 4) is 0 Å². The maximum absolute atomic E-state index is 9.83. The van der Waals surface area contributed by atoms with Crippen LogP contribution in [0.25, 0.3) is 0 Å². The molecule has 0 aromatic rings. The van der Waals surface area contributed by atoms with Crippen molar-refractivity contribution >= 4 is 12.0 Å². The quantitative estimate of drug-likeness (QED) is 0.434. The molecule has 0 aliphatic carbocycles. The standard InChI is InChI=1S/C4H8N2O2.C2H6/c1-2-3(5)8-4(6)7;1-2/h5H,2H2,1H3,(H2,6,7);1-2H3. The number of nitrogens with two attached hydrogens (primary N) is 1. The van der Waals surface area contributed by atoms with Crippen LogP contribution in [0.2, 0.25) is 0 Å². The van der Waals surface area contributed by atoms with E-state index in [-0.39, 0.29) is 5.90 Å². The molecule has 0 aliphatic rings. The Labute approximate surface area is 60.9 Å². The first kappa shape index (κ1) is 11.7. The van der Waals surface area contributed by atoms with Crippen molar-refractivity contribution in [2.24, 2.45) is 5.73 Å². The lowest BCUT2D eigenvalue weighted by Gasteiger charge is -1.95. The van der Waals surface area contributed by atoms with Gasteiger partial charge in [-0.1, -0.05) is 20.8 Å². The Hall–Kier alpha value is -1.06. The van der Waals surface area contributed by atoms with Crippen LogP contribution in [0.15, 0.2) is 0 Å². The average molecular weight is 146 g/mol. The van der Waals surface area contributed by atoms with Crippen LogP contribution >= 0.6 is 0 Å². The molecule has 60 valence electrons. The van der Waals surface area contributed by atoms with Crippen LogP contribution in [0.5, 0.6) is 0 Å². The third-order valence-electron chi connectivity index (χ3n) is 0.545. The summed E-state index contributed by atoms with van der Waals surface area (Å²) in [5.41, 5.74) is 4.57. The predicted octanol–water partition coefficient (Wildman–Crippen LogP) is 1.50. The predicted molar refractivity (Wildman–Crippen MR) is 40.0 cm³/mol. The van der Waals surface area contributed by atoms with Gasteiger partial charge < -0.3 is 10.5 Å². The fraction of sp³-hybridized carbons (Fsp3) is 0.667. The van der Waals surface area contributed by atoms with Gasteiger partial charge in [0.1, 0.15) is 0 Å². The van der Waals surface area contributed by atoms with Crippen molar-refractivity contribution in [3.63, 3.8) is 0 Å². The highest BCUT2D eigenvalue weighted by Gasteiger charge is 1.95. The Morgan fingerprint density at radius 3 is 2.10 bits per heavy atom. The second-order valence-electron chi connectivity index (χ2n) is 1.20. The molecule has 0 aliphatic heterocycles. The van der Waals surface area contributed by atoms with Crippen LogP contribution in [0.4, 0.5) is 4.79 Å². The van der Waals surface area contributed by atoms with Gasteiger partial charge >= 0.3 is 6.09 Å². The van der Waals surface area contributed by atoms with Gasteiger partial charge in [0.05, 0.1) is 0 Å². The van der Waals surface area contributed by atoms with Crippen LogP contribution in [-0.4, -0.2) is 12.0 Å². The first-order chi connectivity index (χ1) is 4.66. The molecule has 3 N–H and O–H groups in total. The summed E-state index contributed by atoms with van der Waals surface area (Å²) in [6.07, 6.45) is -0.528. The Kier molecular flexibility index (Phi) is 9.29. The van der Waals surface area contributed by atoms with E-state index in [1.54, 1.807) is 6.92 Å². The van der Waals surface area contributed by atoms with Gasteiger partial charge in [-0.15, -0.1) is 0 Å². The SMILES string of the molecule is CC.CCC(=N)OC(N)=O. The summed E-state index contributed by atoms with van der Waals surface area (Å²) in [5.74, 6) is -0.0995. The summed E-state index contributed by atoms with van der Waals surface area (Å²) in [6.45, 7) is 5.70. The number of amides is 1. The van der Waals surface area contributed by atoms with E-state index in [0.717, 1.165) is 0 Å². The number of ether oxygens (including phenoxy) is 1. The van der Waals surface area contributed by atoms with Gasteiger partial charge in [-0.2, -0.15) is 0 Å². The molecular formula is C6H14N2O2. The highest BCUT2D eigenvalue weighted by Crippen LogP contribution is 1.82. The number of carbonyl (C=O) groups excluding carboxylic acids is 1. The molecule has 1 amide bonds. The Morgan fingerprint density at radius 1 is 1.60 bits per heavy atom. The molecule has 0 saturated heterocycles. The summed E-state index contributed by atoms with van der Waals surface area (Å²) < 4.78 is 4.12. The van der Waals surface area contributed by atoms with Gasteiger partial charge in [-0.05, 0) is 0 Å². The maximum atomic E-state index is 9.83. The van der Waals surface area contributed by atoms with Crippen molar-refractivity contribution in [2.45, 2.75) is 27.2 Å². The number of nitrogens with one attached hydrogen (secondary N) is 1. The van der Waals surface area contributed by atoms with E-state index in [1.807, 2.05) is 13.8 Å². The minimum atomic E-state index is -0.920. The third kappa shape index (κ3) is 10.0. The lowest BCUT2D eigenvalue weighted by atomic mass is 10.5. The normalized spacial score (nSPS) is 7.10. The van der Waals surface area contributed by atoms with Crippen LogP contribution in [0.1, 0.15) is 27.2 Å². The molecule has 4 nitrogen and oxygen atoms in total. The molecule has 0 unspecified atom stereocenters. The highest BCUT2D eigenvalue weighted by atomic mass is 16.6. The Morgan fingerprint density at radius 2 is 2.00 bits per heavy atom. The molecule has 0 bridgehead atoms. The van der Waals surface area contributed by atoms with Gasteiger partial charge in [-0.25, -0.2) is 4.79 Å². The zero-order valence-electron chi connectivity index (χ0n) is 6.60. The minimum absolute atomic E-state index is 0.0995. The number of hydrogen-bond donors (Lipinski definition) is 2. The van der Waals surface area contributed by atoms with Crippen LogP contribution in [0, 0.1) is 5.41 Å². The lowest BCUT2D eigenvalue weighted by Crippen LogP contribution is -2.16. The molecule has 0 radical (unpaired) electrons. The topological polar surface area (TPSA) is 76.2 Å².